The number of nitrogens with one attached hydrogen (secondary N) is 2. The zero-order valence-corrected chi connectivity index (χ0v) is 14.5. The number of rotatable bonds is 11. The summed E-state index contributed by atoms with van der Waals surface area (Å²) in [5, 5.41) is 17.1. The molecule has 0 saturated heterocycles. The summed E-state index contributed by atoms with van der Waals surface area (Å²) in [7, 11) is 0. The number of aliphatic hydroxyl groups is 1. The van der Waals surface area contributed by atoms with Crippen LogP contribution in [0.2, 0.25) is 0 Å². The van der Waals surface area contributed by atoms with Crippen molar-refractivity contribution in [2.75, 3.05) is 19.6 Å². The van der Waals surface area contributed by atoms with Crippen molar-refractivity contribution in [3.05, 3.63) is 36.8 Å². The lowest BCUT2D eigenvalue weighted by Gasteiger charge is -2.26. The van der Waals surface area contributed by atoms with Crippen molar-refractivity contribution in [2.24, 2.45) is 4.99 Å². The molecule has 0 unspecified atom stereocenters. The SMILES string of the molecule is C=CCNC(=NCC(O)(CCC)CCC)NCCc1ccco1. The molecule has 0 amide bonds. The molecular formula is C18H31N3O2. The molecule has 1 aromatic rings. The summed E-state index contributed by atoms with van der Waals surface area (Å²) in [6, 6.07) is 3.84. The first-order chi connectivity index (χ1) is 11.1. The maximum absolute atomic E-state index is 10.7. The Labute approximate surface area is 139 Å². The third kappa shape index (κ3) is 7.88. The van der Waals surface area contributed by atoms with E-state index in [4.69, 9.17) is 4.42 Å². The van der Waals surface area contributed by atoms with Crippen LogP contribution in [-0.2, 0) is 6.42 Å². The topological polar surface area (TPSA) is 69.8 Å². The molecule has 0 fully saturated rings. The molecule has 0 aromatic carbocycles. The average Bonchev–Trinajstić information content (AvgIpc) is 3.03. The summed E-state index contributed by atoms with van der Waals surface area (Å²) in [4.78, 5) is 4.56. The summed E-state index contributed by atoms with van der Waals surface area (Å²) < 4.78 is 5.32. The van der Waals surface area contributed by atoms with E-state index in [0.717, 1.165) is 44.4 Å². The zero-order chi connectivity index (χ0) is 17.0. The van der Waals surface area contributed by atoms with Crippen LogP contribution in [0.5, 0.6) is 0 Å². The second-order valence-corrected chi connectivity index (χ2v) is 5.81. The Morgan fingerprint density at radius 3 is 2.65 bits per heavy atom. The molecule has 0 aliphatic rings. The van der Waals surface area contributed by atoms with Gasteiger partial charge in [-0.15, -0.1) is 6.58 Å². The van der Waals surface area contributed by atoms with Gasteiger partial charge in [0.1, 0.15) is 5.76 Å². The molecule has 0 bridgehead atoms. The highest BCUT2D eigenvalue weighted by molar-refractivity contribution is 5.79. The van der Waals surface area contributed by atoms with E-state index in [1.807, 2.05) is 12.1 Å². The van der Waals surface area contributed by atoms with Crippen molar-refractivity contribution in [1.29, 1.82) is 0 Å². The third-order valence-corrected chi connectivity index (χ3v) is 3.62. The van der Waals surface area contributed by atoms with Gasteiger partial charge in [0.15, 0.2) is 5.96 Å². The molecule has 0 atom stereocenters. The fourth-order valence-electron chi connectivity index (χ4n) is 2.54. The summed E-state index contributed by atoms with van der Waals surface area (Å²) >= 11 is 0. The third-order valence-electron chi connectivity index (χ3n) is 3.62. The van der Waals surface area contributed by atoms with Crippen molar-refractivity contribution in [2.45, 2.75) is 51.6 Å². The first-order valence-corrected chi connectivity index (χ1v) is 8.51. The van der Waals surface area contributed by atoms with Crippen LogP contribution in [0.4, 0.5) is 0 Å². The van der Waals surface area contributed by atoms with Gasteiger partial charge in [-0.3, -0.25) is 4.99 Å². The highest BCUT2D eigenvalue weighted by atomic mass is 16.3. The summed E-state index contributed by atoms with van der Waals surface area (Å²) in [6.45, 7) is 9.64. The number of hydrogen-bond donors (Lipinski definition) is 3. The van der Waals surface area contributed by atoms with Gasteiger partial charge in [-0.1, -0.05) is 32.8 Å². The molecule has 23 heavy (non-hydrogen) atoms. The molecule has 1 rings (SSSR count). The standard InChI is InChI=1S/C18H31N3O2/c1-4-10-18(22,11-5-2)15-21-17(19-12-6-3)20-13-9-16-8-7-14-23-16/h6-8,14,22H,3-5,9-13,15H2,1-2H3,(H2,19,20,21). The lowest BCUT2D eigenvalue weighted by Crippen LogP contribution is -2.41. The zero-order valence-electron chi connectivity index (χ0n) is 14.5. The minimum Gasteiger partial charge on any atom is -0.469 e. The molecule has 5 heteroatoms. The minimum atomic E-state index is -0.715. The predicted octanol–water partition coefficient (Wildman–Crippen LogP) is 2.87. The van der Waals surface area contributed by atoms with Crippen molar-refractivity contribution in [3.8, 4) is 0 Å². The molecule has 1 heterocycles. The van der Waals surface area contributed by atoms with Crippen molar-refractivity contribution < 1.29 is 9.52 Å². The Morgan fingerprint density at radius 1 is 1.35 bits per heavy atom. The molecule has 0 radical (unpaired) electrons. The molecular weight excluding hydrogens is 290 g/mol. The van der Waals surface area contributed by atoms with Gasteiger partial charge >= 0.3 is 0 Å². The van der Waals surface area contributed by atoms with Crippen LogP contribution in [0.3, 0.4) is 0 Å². The second-order valence-electron chi connectivity index (χ2n) is 5.81. The van der Waals surface area contributed by atoms with E-state index < -0.39 is 5.60 Å². The van der Waals surface area contributed by atoms with Crippen LogP contribution in [0.25, 0.3) is 0 Å². The molecule has 5 nitrogen and oxygen atoms in total. The summed E-state index contributed by atoms with van der Waals surface area (Å²) in [6.07, 6.45) is 7.69. The normalized spacial score (nSPS) is 12.2. The van der Waals surface area contributed by atoms with Gasteiger partial charge in [0, 0.05) is 19.5 Å². The molecule has 0 aliphatic carbocycles. The van der Waals surface area contributed by atoms with Crippen LogP contribution in [-0.4, -0.2) is 36.3 Å². The Morgan fingerprint density at radius 2 is 2.09 bits per heavy atom. The van der Waals surface area contributed by atoms with Crippen LogP contribution in [0.15, 0.2) is 40.5 Å². The summed E-state index contributed by atoms with van der Waals surface area (Å²) in [5.41, 5.74) is -0.715. The van der Waals surface area contributed by atoms with Gasteiger partial charge in [-0.25, -0.2) is 0 Å². The number of hydrogen-bond acceptors (Lipinski definition) is 3. The van der Waals surface area contributed by atoms with Crippen molar-refractivity contribution >= 4 is 5.96 Å². The van der Waals surface area contributed by atoms with Crippen LogP contribution < -0.4 is 10.6 Å². The molecule has 0 aliphatic heterocycles. The molecule has 0 spiro atoms. The predicted molar refractivity (Wildman–Crippen MR) is 95.7 cm³/mol. The summed E-state index contributed by atoms with van der Waals surface area (Å²) in [5.74, 6) is 1.64. The van der Waals surface area contributed by atoms with E-state index in [0.29, 0.717) is 19.0 Å². The van der Waals surface area contributed by atoms with Crippen molar-refractivity contribution in [3.63, 3.8) is 0 Å². The van der Waals surface area contributed by atoms with Crippen molar-refractivity contribution in [1.82, 2.24) is 10.6 Å². The van der Waals surface area contributed by atoms with E-state index >= 15 is 0 Å². The van der Waals surface area contributed by atoms with E-state index in [9.17, 15) is 5.11 Å². The minimum absolute atomic E-state index is 0.405. The Hall–Kier alpha value is -1.75. The fraction of sp³-hybridized carbons (Fsp3) is 0.611. The molecule has 130 valence electrons. The van der Waals surface area contributed by atoms with Crippen LogP contribution in [0, 0.1) is 0 Å². The van der Waals surface area contributed by atoms with Crippen LogP contribution >= 0.6 is 0 Å². The monoisotopic (exact) mass is 321 g/mol. The Kier molecular flexibility index (Phi) is 9.14. The molecule has 1 aromatic heterocycles. The Bertz CT molecular complexity index is 449. The van der Waals surface area contributed by atoms with Gasteiger partial charge in [-0.05, 0) is 25.0 Å². The number of furan rings is 1. The Balaban J connectivity index is 2.57. The maximum atomic E-state index is 10.7. The van der Waals surface area contributed by atoms with Gasteiger partial charge in [0.25, 0.3) is 0 Å². The number of nitrogens with zero attached hydrogens (tertiary/aromatic N) is 1. The largest absolute Gasteiger partial charge is 0.469 e. The lowest BCUT2D eigenvalue weighted by atomic mass is 9.93. The van der Waals surface area contributed by atoms with E-state index in [1.54, 1.807) is 12.3 Å². The smallest absolute Gasteiger partial charge is 0.191 e. The van der Waals surface area contributed by atoms with Gasteiger partial charge < -0.3 is 20.2 Å². The first kappa shape index (κ1) is 19.3. The average molecular weight is 321 g/mol. The highest BCUT2D eigenvalue weighted by Crippen LogP contribution is 2.19. The molecule has 0 saturated carbocycles. The highest BCUT2D eigenvalue weighted by Gasteiger charge is 2.24. The van der Waals surface area contributed by atoms with E-state index in [1.165, 1.54) is 0 Å². The fourth-order valence-corrected chi connectivity index (χ4v) is 2.54. The molecule has 3 N–H and O–H groups in total. The van der Waals surface area contributed by atoms with E-state index in [-0.39, 0.29) is 0 Å². The second kappa shape index (κ2) is 10.9. The quantitative estimate of drug-likeness (QED) is 0.333. The first-order valence-electron chi connectivity index (χ1n) is 8.51. The van der Waals surface area contributed by atoms with E-state index in [2.05, 4.69) is 36.1 Å². The van der Waals surface area contributed by atoms with Gasteiger partial charge in [0.05, 0.1) is 18.4 Å². The van der Waals surface area contributed by atoms with Gasteiger partial charge in [0.2, 0.25) is 0 Å². The van der Waals surface area contributed by atoms with Crippen LogP contribution in [0.1, 0.15) is 45.3 Å². The lowest BCUT2D eigenvalue weighted by molar-refractivity contribution is 0.0306. The maximum Gasteiger partial charge on any atom is 0.191 e. The van der Waals surface area contributed by atoms with Gasteiger partial charge in [-0.2, -0.15) is 0 Å². The number of guanidine groups is 1. The number of aliphatic imine (C=N–C) groups is 1.